The van der Waals surface area contributed by atoms with Crippen molar-refractivity contribution < 1.29 is 9.53 Å². The van der Waals surface area contributed by atoms with E-state index in [0.29, 0.717) is 41.2 Å². The van der Waals surface area contributed by atoms with Crippen LogP contribution in [0.3, 0.4) is 0 Å². The minimum Gasteiger partial charge on any atom is -0.461 e. The molecule has 4 rings (SSSR count). The van der Waals surface area contributed by atoms with Crippen molar-refractivity contribution >= 4 is 22.5 Å². The zero-order valence-electron chi connectivity index (χ0n) is 16.4. The predicted octanol–water partition coefficient (Wildman–Crippen LogP) is 3.22. The number of esters is 1. The second-order valence-corrected chi connectivity index (χ2v) is 7.28. The van der Waals surface area contributed by atoms with Crippen LogP contribution in [0.5, 0.6) is 0 Å². The summed E-state index contributed by atoms with van der Waals surface area (Å²) in [7, 11) is 0. The van der Waals surface area contributed by atoms with Gasteiger partial charge in [0.05, 0.1) is 16.5 Å². The summed E-state index contributed by atoms with van der Waals surface area (Å²) in [6.45, 7) is 7.01. The molecule has 0 bridgehead atoms. The summed E-state index contributed by atoms with van der Waals surface area (Å²) in [5.41, 5.74) is 2.60. The Balaban J connectivity index is 1.62. The Morgan fingerprint density at radius 2 is 2.00 bits per heavy atom. The molecule has 146 valence electrons. The molecule has 1 aliphatic rings. The lowest BCUT2D eigenvalue weighted by Gasteiger charge is -2.17. The highest BCUT2D eigenvalue weighted by molar-refractivity contribution is 5.90. The van der Waals surface area contributed by atoms with Crippen molar-refractivity contribution in [2.75, 3.05) is 26.2 Å². The average Bonchev–Trinajstić information content (AvgIpc) is 3.56. The summed E-state index contributed by atoms with van der Waals surface area (Å²) < 4.78 is 6.83. The monoisotopic (exact) mass is 379 g/mol. The second-order valence-electron chi connectivity index (χ2n) is 7.28. The first-order valence-electron chi connectivity index (χ1n) is 9.96. The van der Waals surface area contributed by atoms with Crippen molar-refractivity contribution in [1.82, 2.24) is 14.3 Å². The Bertz CT molecular complexity index is 1080. The lowest BCUT2D eigenvalue weighted by molar-refractivity contribution is 0.0466. The minimum atomic E-state index is -0.423. The molecule has 6 nitrogen and oxygen atoms in total. The van der Waals surface area contributed by atoms with E-state index in [1.54, 1.807) is 12.1 Å². The quantitative estimate of drug-likeness (QED) is 0.466. The smallest absolute Gasteiger partial charge is 0.339 e. The highest BCUT2D eigenvalue weighted by Gasteiger charge is 2.24. The number of nitrogens with zero attached hydrogens (tertiary/aromatic N) is 3. The van der Waals surface area contributed by atoms with Gasteiger partial charge >= 0.3 is 5.97 Å². The number of likely N-dealkylation sites (N-methyl/N-ethyl adjacent to an activating group) is 1. The van der Waals surface area contributed by atoms with Crippen LogP contribution >= 0.6 is 0 Å². The molecule has 28 heavy (non-hydrogen) atoms. The van der Waals surface area contributed by atoms with Crippen LogP contribution in [0.1, 0.15) is 48.5 Å². The predicted molar refractivity (Wildman–Crippen MR) is 109 cm³/mol. The molecule has 1 aromatic carbocycles. The number of hydrogen-bond acceptors (Lipinski definition) is 5. The van der Waals surface area contributed by atoms with E-state index in [9.17, 15) is 9.59 Å². The number of pyridine rings is 1. The summed E-state index contributed by atoms with van der Waals surface area (Å²) in [5, 5.41) is 0.592. The van der Waals surface area contributed by atoms with Crippen molar-refractivity contribution in [3.8, 4) is 0 Å². The van der Waals surface area contributed by atoms with Gasteiger partial charge in [0.2, 0.25) is 0 Å². The molecule has 3 aromatic rings. The Labute approximate surface area is 163 Å². The summed E-state index contributed by atoms with van der Waals surface area (Å²) in [4.78, 5) is 32.2. The largest absolute Gasteiger partial charge is 0.461 e. The van der Waals surface area contributed by atoms with E-state index in [-0.39, 0.29) is 5.56 Å². The van der Waals surface area contributed by atoms with Gasteiger partial charge in [0.15, 0.2) is 0 Å². The van der Waals surface area contributed by atoms with Gasteiger partial charge in [-0.1, -0.05) is 19.9 Å². The van der Waals surface area contributed by atoms with Crippen LogP contribution in [0.15, 0.2) is 41.3 Å². The minimum absolute atomic E-state index is 0.153. The molecule has 0 unspecified atom stereocenters. The lowest BCUT2D eigenvalue weighted by atomic mass is 10.1. The molecule has 0 atom stereocenters. The Hall–Kier alpha value is -2.73. The zero-order valence-corrected chi connectivity index (χ0v) is 16.4. The van der Waals surface area contributed by atoms with Crippen LogP contribution in [-0.2, 0) is 4.74 Å². The maximum absolute atomic E-state index is 13.0. The van der Waals surface area contributed by atoms with Crippen LogP contribution in [0, 0.1) is 0 Å². The van der Waals surface area contributed by atoms with Gasteiger partial charge in [0.1, 0.15) is 12.3 Å². The number of ether oxygens (including phenoxy) is 1. The van der Waals surface area contributed by atoms with Crippen molar-refractivity contribution in [1.29, 1.82) is 0 Å². The molecule has 0 spiro atoms. The molecular weight excluding hydrogens is 354 g/mol. The first-order chi connectivity index (χ1) is 13.6. The van der Waals surface area contributed by atoms with Gasteiger partial charge in [-0.2, -0.15) is 0 Å². The Kier molecular flexibility index (Phi) is 5.13. The number of hydrogen-bond donors (Lipinski definition) is 0. The SMILES string of the molecule is CCN(CC)CCOC(=O)c1ccc2nc3ccc(C4CC4)cc3c(=O)n2c1. The van der Waals surface area contributed by atoms with Gasteiger partial charge < -0.3 is 9.64 Å². The van der Waals surface area contributed by atoms with E-state index < -0.39 is 5.97 Å². The van der Waals surface area contributed by atoms with Crippen molar-refractivity contribution in [3.05, 3.63) is 58.0 Å². The third-order valence-corrected chi connectivity index (χ3v) is 5.45. The van der Waals surface area contributed by atoms with Gasteiger partial charge in [-0.05, 0) is 61.7 Å². The Morgan fingerprint density at radius 1 is 1.21 bits per heavy atom. The molecular formula is C22H25N3O3. The number of carbonyl (C=O) groups excluding carboxylic acids is 1. The highest BCUT2D eigenvalue weighted by Crippen LogP contribution is 2.40. The average molecular weight is 379 g/mol. The third kappa shape index (κ3) is 3.64. The number of fused-ring (bicyclic) bond motifs is 2. The standard InChI is InChI=1S/C22H25N3O3/c1-3-24(4-2)11-12-28-22(27)17-8-10-20-23-19-9-7-16(15-5-6-15)13-18(19)21(26)25(20)14-17/h7-10,13-15H,3-6,11-12H2,1-2H3. The van der Waals surface area contributed by atoms with Crippen molar-refractivity contribution in [2.24, 2.45) is 0 Å². The number of benzene rings is 1. The molecule has 0 saturated heterocycles. The molecule has 0 amide bonds. The van der Waals surface area contributed by atoms with E-state index in [2.05, 4.69) is 29.8 Å². The van der Waals surface area contributed by atoms with E-state index in [1.165, 1.54) is 29.0 Å². The Morgan fingerprint density at radius 3 is 2.71 bits per heavy atom. The maximum atomic E-state index is 13.0. The lowest BCUT2D eigenvalue weighted by Crippen LogP contribution is -2.28. The summed E-state index contributed by atoms with van der Waals surface area (Å²) >= 11 is 0. The summed E-state index contributed by atoms with van der Waals surface area (Å²) in [6, 6.07) is 9.27. The normalized spacial score (nSPS) is 14.1. The molecule has 1 fully saturated rings. The molecule has 1 saturated carbocycles. The van der Waals surface area contributed by atoms with Gasteiger partial charge in [-0.3, -0.25) is 9.20 Å². The van der Waals surface area contributed by atoms with Crippen LogP contribution < -0.4 is 5.56 Å². The third-order valence-electron chi connectivity index (χ3n) is 5.45. The fourth-order valence-corrected chi connectivity index (χ4v) is 3.50. The molecule has 6 heteroatoms. The topological polar surface area (TPSA) is 63.9 Å². The van der Waals surface area contributed by atoms with Gasteiger partial charge in [-0.25, -0.2) is 9.78 Å². The number of rotatable bonds is 7. The van der Waals surface area contributed by atoms with E-state index >= 15 is 0 Å². The molecule has 0 N–H and O–H groups in total. The van der Waals surface area contributed by atoms with Gasteiger partial charge in [-0.15, -0.1) is 0 Å². The summed E-state index contributed by atoms with van der Waals surface area (Å²) in [6.07, 6.45) is 3.89. The zero-order chi connectivity index (χ0) is 19.7. The van der Waals surface area contributed by atoms with Crippen LogP contribution in [-0.4, -0.2) is 46.5 Å². The van der Waals surface area contributed by atoms with E-state index in [4.69, 9.17) is 4.74 Å². The first-order valence-corrected chi connectivity index (χ1v) is 9.96. The molecule has 2 aromatic heterocycles. The maximum Gasteiger partial charge on any atom is 0.339 e. The van der Waals surface area contributed by atoms with E-state index in [1.807, 2.05) is 12.1 Å². The van der Waals surface area contributed by atoms with Crippen LogP contribution in [0.4, 0.5) is 0 Å². The number of aromatic nitrogens is 2. The van der Waals surface area contributed by atoms with Crippen LogP contribution in [0.2, 0.25) is 0 Å². The molecule has 1 aliphatic carbocycles. The van der Waals surface area contributed by atoms with Crippen molar-refractivity contribution in [3.63, 3.8) is 0 Å². The second kappa shape index (κ2) is 7.72. The molecule has 0 aliphatic heterocycles. The van der Waals surface area contributed by atoms with Crippen LogP contribution in [0.25, 0.3) is 16.6 Å². The number of carbonyl (C=O) groups is 1. The highest BCUT2D eigenvalue weighted by atomic mass is 16.5. The van der Waals surface area contributed by atoms with Gasteiger partial charge in [0.25, 0.3) is 5.56 Å². The molecule has 2 heterocycles. The molecule has 0 radical (unpaired) electrons. The fourth-order valence-electron chi connectivity index (χ4n) is 3.50. The van der Waals surface area contributed by atoms with Crippen molar-refractivity contribution in [2.45, 2.75) is 32.6 Å². The fraction of sp³-hybridized carbons (Fsp3) is 0.409. The van der Waals surface area contributed by atoms with Gasteiger partial charge in [0, 0.05) is 12.7 Å². The first kappa shape index (κ1) is 18.6. The summed E-state index contributed by atoms with van der Waals surface area (Å²) in [5.74, 6) is 0.143. The van der Waals surface area contributed by atoms with E-state index in [0.717, 1.165) is 13.1 Å².